The summed E-state index contributed by atoms with van der Waals surface area (Å²) >= 11 is 7.86. The minimum absolute atomic E-state index is 0.290. The lowest BCUT2D eigenvalue weighted by Gasteiger charge is -2.36. The van der Waals surface area contributed by atoms with Crippen molar-refractivity contribution < 1.29 is 14.3 Å². The Hall–Kier alpha value is -2.61. The smallest absolute Gasteiger partial charge is 0.337 e. The number of nitrogens with one attached hydrogen (secondary N) is 1. The molecule has 162 valence electrons. The fourth-order valence-electron chi connectivity index (χ4n) is 3.80. The van der Waals surface area contributed by atoms with E-state index in [-0.39, 0.29) is 5.91 Å². The zero-order chi connectivity index (χ0) is 22.0. The van der Waals surface area contributed by atoms with Crippen LogP contribution in [0.15, 0.2) is 42.5 Å². The van der Waals surface area contributed by atoms with Crippen molar-refractivity contribution >= 4 is 56.3 Å². The van der Waals surface area contributed by atoms with Gasteiger partial charge in [0.1, 0.15) is 4.88 Å². The first-order valence-corrected chi connectivity index (χ1v) is 11.4. The summed E-state index contributed by atoms with van der Waals surface area (Å²) in [7, 11) is 1.34. The van der Waals surface area contributed by atoms with Crippen molar-refractivity contribution in [2.45, 2.75) is 6.92 Å². The van der Waals surface area contributed by atoms with Crippen LogP contribution >= 0.6 is 22.9 Å². The number of halogens is 1. The molecular weight excluding hydrogens is 434 g/mol. The minimum Gasteiger partial charge on any atom is -0.465 e. The molecule has 1 aromatic heterocycles. The first-order valence-electron chi connectivity index (χ1n) is 10.2. The lowest BCUT2D eigenvalue weighted by Crippen LogP contribution is -2.46. The van der Waals surface area contributed by atoms with E-state index in [1.807, 2.05) is 30.3 Å². The fourth-order valence-corrected chi connectivity index (χ4v) is 5.21. The molecule has 0 radical (unpaired) electrons. The van der Waals surface area contributed by atoms with Crippen molar-refractivity contribution in [2.24, 2.45) is 0 Å². The number of hydrogen-bond donors (Lipinski definition) is 1. The largest absolute Gasteiger partial charge is 0.465 e. The van der Waals surface area contributed by atoms with Crippen LogP contribution in [0.4, 0.5) is 11.4 Å². The minimum atomic E-state index is -0.447. The number of hydrogen-bond acceptors (Lipinski definition) is 6. The van der Waals surface area contributed by atoms with E-state index in [2.05, 4.69) is 22.0 Å². The van der Waals surface area contributed by atoms with Crippen LogP contribution in [-0.2, 0) is 4.74 Å². The number of carbonyl (C=O) groups excluding carboxylic acids is 2. The van der Waals surface area contributed by atoms with E-state index in [1.54, 1.807) is 12.1 Å². The highest BCUT2D eigenvalue weighted by Gasteiger charge is 2.23. The highest BCUT2D eigenvalue weighted by molar-refractivity contribution is 7.21. The molecule has 1 aliphatic rings. The third-order valence-electron chi connectivity index (χ3n) is 5.57. The van der Waals surface area contributed by atoms with Crippen LogP contribution in [0.2, 0.25) is 5.02 Å². The number of carbonyl (C=O) groups is 2. The number of amides is 1. The predicted molar refractivity (Wildman–Crippen MR) is 127 cm³/mol. The second kappa shape index (κ2) is 9.26. The van der Waals surface area contributed by atoms with Gasteiger partial charge < -0.3 is 19.9 Å². The Morgan fingerprint density at radius 1 is 1.13 bits per heavy atom. The number of ether oxygens (including phenoxy) is 1. The van der Waals surface area contributed by atoms with Gasteiger partial charge >= 0.3 is 5.97 Å². The number of piperazine rings is 1. The molecule has 31 heavy (non-hydrogen) atoms. The van der Waals surface area contributed by atoms with Gasteiger partial charge in [0.15, 0.2) is 0 Å². The van der Waals surface area contributed by atoms with Crippen LogP contribution < -0.4 is 10.2 Å². The highest BCUT2D eigenvalue weighted by Crippen LogP contribution is 2.36. The number of thiophene rings is 1. The Morgan fingerprint density at radius 3 is 2.55 bits per heavy atom. The normalized spacial score (nSPS) is 14.6. The van der Waals surface area contributed by atoms with Gasteiger partial charge in [-0.2, -0.15) is 0 Å². The SMILES string of the molecule is CCN1CCN(c2ccc(C(=O)OC)cc2NC(=O)c2sc3ccccc3c2Cl)CC1. The zero-order valence-corrected chi connectivity index (χ0v) is 19.1. The Morgan fingerprint density at radius 2 is 1.87 bits per heavy atom. The van der Waals surface area contributed by atoms with Crippen LogP contribution in [0.25, 0.3) is 10.1 Å². The van der Waals surface area contributed by atoms with Crippen molar-refractivity contribution in [1.82, 2.24) is 4.90 Å². The maximum atomic E-state index is 13.2. The number of methoxy groups -OCH3 is 1. The highest BCUT2D eigenvalue weighted by atomic mass is 35.5. The molecule has 0 atom stereocenters. The van der Waals surface area contributed by atoms with E-state index in [4.69, 9.17) is 16.3 Å². The molecule has 3 aromatic rings. The molecule has 0 spiro atoms. The topological polar surface area (TPSA) is 61.9 Å². The molecule has 2 aromatic carbocycles. The summed E-state index contributed by atoms with van der Waals surface area (Å²) in [5.41, 5.74) is 1.84. The summed E-state index contributed by atoms with van der Waals surface area (Å²) in [5, 5.41) is 4.30. The van der Waals surface area contributed by atoms with Crippen LogP contribution in [0, 0.1) is 0 Å². The quantitative estimate of drug-likeness (QED) is 0.561. The number of esters is 1. The number of benzene rings is 2. The molecule has 1 saturated heterocycles. The molecule has 1 amide bonds. The molecule has 2 heterocycles. The number of anilines is 2. The average Bonchev–Trinajstić information content (AvgIpc) is 3.15. The lowest BCUT2D eigenvalue weighted by molar-refractivity contribution is 0.0600. The molecule has 6 nitrogen and oxygen atoms in total. The summed E-state index contributed by atoms with van der Waals surface area (Å²) in [6.07, 6.45) is 0. The number of likely N-dealkylation sites (N-methyl/N-ethyl adjacent to an activating group) is 1. The molecule has 0 unspecified atom stereocenters. The van der Waals surface area contributed by atoms with E-state index in [1.165, 1.54) is 18.4 Å². The van der Waals surface area contributed by atoms with Gasteiger partial charge in [-0.1, -0.05) is 36.7 Å². The fraction of sp³-hybridized carbons (Fsp3) is 0.304. The van der Waals surface area contributed by atoms with E-state index in [0.717, 1.165) is 48.5 Å². The Labute approximate surface area is 190 Å². The van der Waals surface area contributed by atoms with E-state index in [0.29, 0.717) is 21.2 Å². The van der Waals surface area contributed by atoms with Crippen LogP contribution in [0.1, 0.15) is 27.0 Å². The molecule has 0 bridgehead atoms. The summed E-state index contributed by atoms with van der Waals surface area (Å²) in [5.74, 6) is -0.737. The van der Waals surface area contributed by atoms with Gasteiger partial charge in [-0.05, 0) is 30.8 Å². The maximum Gasteiger partial charge on any atom is 0.337 e. The Balaban J connectivity index is 1.66. The summed E-state index contributed by atoms with van der Waals surface area (Å²) in [6.45, 7) is 6.76. The van der Waals surface area contributed by atoms with E-state index >= 15 is 0 Å². The van der Waals surface area contributed by atoms with Crippen LogP contribution in [0.5, 0.6) is 0 Å². The molecule has 1 aliphatic heterocycles. The van der Waals surface area contributed by atoms with Gasteiger partial charge in [-0.3, -0.25) is 4.79 Å². The van der Waals surface area contributed by atoms with Crippen molar-refractivity contribution in [3.05, 3.63) is 57.9 Å². The first-order chi connectivity index (χ1) is 15.0. The molecule has 8 heteroatoms. The maximum absolute atomic E-state index is 13.2. The number of nitrogens with zero attached hydrogens (tertiary/aromatic N) is 2. The van der Waals surface area contributed by atoms with Gasteiger partial charge in [-0.25, -0.2) is 4.79 Å². The van der Waals surface area contributed by atoms with E-state index < -0.39 is 5.97 Å². The Bertz CT molecular complexity index is 1120. The average molecular weight is 458 g/mol. The lowest BCUT2D eigenvalue weighted by atomic mass is 10.1. The molecule has 4 rings (SSSR count). The second-order valence-corrected chi connectivity index (χ2v) is 8.77. The van der Waals surface area contributed by atoms with Crippen LogP contribution in [-0.4, -0.2) is 56.6 Å². The van der Waals surface area contributed by atoms with Crippen molar-refractivity contribution in [2.75, 3.05) is 50.1 Å². The third kappa shape index (κ3) is 4.39. The number of fused-ring (bicyclic) bond motifs is 1. The molecular formula is C23H24ClN3O3S. The van der Waals surface area contributed by atoms with Gasteiger partial charge in [0.05, 0.1) is 29.1 Å². The zero-order valence-electron chi connectivity index (χ0n) is 17.5. The summed E-state index contributed by atoms with van der Waals surface area (Å²) < 4.78 is 5.82. The molecule has 1 fully saturated rings. The molecule has 1 N–H and O–H groups in total. The Kier molecular flexibility index (Phi) is 6.46. The monoisotopic (exact) mass is 457 g/mol. The van der Waals surface area contributed by atoms with Gasteiger partial charge in [0, 0.05) is 36.3 Å². The van der Waals surface area contributed by atoms with Gasteiger partial charge in [0.2, 0.25) is 0 Å². The molecule has 0 aliphatic carbocycles. The van der Waals surface area contributed by atoms with E-state index in [9.17, 15) is 9.59 Å². The third-order valence-corrected chi connectivity index (χ3v) is 7.24. The van der Waals surface area contributed by atoms with Gasteiger partial charge in [-0.15, -0.1) is 11.3 Å². The molecule has 0 saturated carbocycles. The van der Waals surface area contributed by atoms with Crippen molar-refractivity contribution in [1.29, 1.82) is 0 Å². The summed E-state index contributed by atoms with van der Waals surface area (Å²) in [4.78, 5) is 30.3. The van der Waals surface area contributed by atoms with Crippen LogP contribution in [0.3, 0.4) is 0 Å². The number of rotatable bonds is 5. The standard InChI is InChI=1S/C23H24ClN3O3S/c1-3-26-10-12-27(13-11-26)18-9-8-15(23(29)30-2)14-17(18)25-22(28)21-20(24)16-6-4-5-7-19(16)31-21/h4-9,14H,3,10-13H2,1-2H3,(H,25,28). The second-order valence-electron chi connectivity index (χ2n) is 7.34. The predicted octanol–water partition coefficient (Wildman–Crippen LogP) is 4.74. The summed E-state index contributed by atoms with van der Waals surface area (Å²) in [6, 6.07) is 12.9. The van der Waals surface area contributed by atoms with Crippen molar-refractivity contribution in [3.63, 3.8) is 0 Å². The van der Waals surface area contributed by atoms with Crippen molar-refractivity contribution in [3.8, 4) is 0 Å². The van der Waals surface area contributed by atoms with Gasteiger partial charge in [0.25, 0.3) is 5.91 Å². The first kappa shape index (κ1) is 21.6.